The highest BCUT2D eigenvalue weighted by molar-refractivity contribution is 9.10. The molecule has 0 aliphatic carbocycles. The van der Waals surface area contributed by atoms with Gasteiger partial charge < -0.3 is 10.1 Å². The van der Waals surface area contributed by atoms with Crippen LogP contribution in [0.4, 0.5) is 5.82 Å². The Morgan fingerprint density at radius 1 is 1.40 bits per heavy atom. The third kappa shape index (κ3) is 3.26. The molecule has 0 fully saturated rings. The molecule has 20 heavy (non-hydrogen) atoms. The largest absolute Gasteiger partial charge is 0.375 e. The molecule has 0 unspecified atom stereocenters. The molecule has 6 heteroatoms. The van der Waals surface area contributed by atoms with E-state index in [-0.39, 0.29) is 12.5 Å². The Labute approximate surface area is 125 Å². The number of nitrogens with one attached hydrogen (secondary N) is 2. The Kier molecular flexibility index (Phi) is 4.92. The quantitative estimate of drug-likeness (QED) is 0.881. The zero-order valence-electron chi connectivity index (χ0n) is 11.4. The van der Waals surface area contributed by atoms with Gasteiger partial charge >= 0.3 is 0 Å². The first-order valence-corrected chi connectivity index (χ1v) is 7.07. The van der Waals surface area contributed by atoms with Crippen molar-refractivity contribution in [3.05, 3.63) is 34.3 Å². The summed E-state index contributed by atoms with van der Waals surface area (Å²) in [7, 11) is 1.48. The van der Waals surface area contributed by atoms with Gasteiger partial charge in [-0.3, -0.25) is 9.89 Å². The molecule has 2 rings (SSSR count). The molecule has 0 saturated carbocycles. The molecule has 1 aromatic carbocycles. The van der Waals surface area contributed by atoms with E-state index in [1.807, 2.05) is 31.2 Å². The maximum absolute atomic E-state index is 11.6. The van der Waals surface area contributed by atoms with Gasteiger partial charge in [-0.05, 0) is 24.1 Å². The molecule has 0 saturated heterocycles. The number of methoxy groups -OCH3 is 1. The van der Waals surface area contributed by atoms with E-state index in [0.29, 0.717) is 5.82 Å². The fraction of sp³-hybridized carbons (Fsp3) is 0.286. The summed E-state index contributed by atoms with van der Waals surface area (Å²) in [5.74, 6) is 0.350. The number of nitrogens with zero attached hydrogens (tertiary/aromatic N) is 1. The molecule has 1 aromatic heterocycles. The number of hydrogen-bond donors (Lipinski definition) is 2. The van der Waals surface area contributed by atoms with Crippen molar-refractivity contribution < 1.29 is 9.53 Å². The first-order chi connectivity index (χ1) is 9.65. The lowest BCUT2D eigenvalue weighted by Gasteiger charge is -2.05. The minimum absolute atomic E-state index is 0.0175. The van der Waals surface area contributed by atoms with Gasteiger partial charge in [0.15, 0.2) is 5.82 Å². The van der Waals surface area contributed by atoms with Gasteiger partial charge in [0.1, 0.15) is 6.61 Å². The fourth-order valence-electron chi connectivity index (χ4n) is 1.97. The molecule has 2 N–H and O–H groups in total. The van der Waals surface area contributed by atoms with Crippen molar-refractivity contribution in [2.75, 3.05) is 19.0 Å². The summed E-state index contributed by atoms with van der Waals surface area (Å²) in [6.07, 6.45) is 0.768. The van der Waals surface area contributed by atoms with Gasteiger partial charge in [-0.2, -0.15) is 5.10 Å². The minimum Gasteiger partial charge on any atom is -0.375 e. The van der Waals surface area contributed by atoms with Gasteiger partial charge in [0.25, 0.3) is 5.91 Å². The number of carbonyl (C=O) groups excluding carboxylic acids is 1. The molecule has 1 amide bonds. The molecule has 0 bridgehead atoms. The van der Waals surface area contributed by atoms with Crippen LogP contribution in [0, 0.1) is 0 Å². The summed E-state index contributed by atoms with van der Waals surface area (Å²) in [6, 6.07) is 7.94. The van der Waals surface area contributed by atoms with Crippen molar-refractivity contribution in [2.24, 2.45) is 0 Å². The summed E-state index contributed by atoms with van der Waals surface area (Å²) >= 11 is 3.41. The van der Waals surface area contributed by atoms with Gasteiger partial charge in [-0.1, -0.05) is 35.0 Å². The van der Waals surface area contributed by atoms with Gasteiger partial charge in [-0.25, -0.2) is 0 Å². The molecular weight excluding hydrogens is 322 g/mol. The highest BCUT2D eigenvalue weighted by Gasteiger charge is 2.15. The number of ether oxygens (including phenoxy) is 1. The van der Waals surface area contributed by atoms with E-state index in [9.17, 15) is 4.79 Å². The summed E-state index contributed by atoms with van der Waals surface area (Å²) in [5.41, 5.74) is 2.94. The average molecular weight is 338 g/mol. The molecule has 5 nitrogen and oxygen atoms in total. The van der Waals surface area contributed by atoms with E-state index < -0.39 is 0 Å². The van der Waals surface area contributed by atoms with Gasteiger partial charge in [-0.15, -0.1) is 0 Å². The summed E-state index contributed by atoms with van der Waals surface area (Å²) < 4.78 is 5.82. The van der Waals surface area contributed by atoms with Crippen molar-refractivity contribution in [1.82, 2.24) is 10.2 Å². The molecule has 0 spiro atoms. The number of rotatable bonds is 5. The van der Waals surface area contributed by atoms with Crippen molar-refractivity contribution in [1.29, 1.82) is 0 Å². The van der Waals surface area contributed by atoms with E-state index in [2.05, 4.69) is 31.4 Å². The number of hydrogen-bond acceptors (Lipinski definition) is 3. The van der Waals surface area contributed by atoms with Crippen molar-refractivity contribution >= 4 is 27.7 Å². The topological polar surface area (TPSA) is 67.0 Å². The predicted octanol–water partition coefficient (Wildman–Crippen LogP) is 2.99. The average Bonchev–Trinajstić information content (AvgIpc) is 2.82. The van der Waals surface area contributed by atoms with Crippen molar-refractivity contribution in [3.63, 3.8) is 0 Å². The van der Waals surface area contributed by atoms with Crippen molar-refractivity contribution in [3.8, 4) is 11.3 Å². The first-order valence-electron chi connectivity index (χ1n) is 6.27. The molecule has 0 radical (unpaired) electrons. The van der Waals surface area contributed by atoms with Crippen LogP contribution in [0.3, 0.4) is 0 Å². The minimum atomic E-state index is -0.212. The Hall–Kier alpha value is -1.66. The lowest BCUT2D eigenvalue weighted by atomic mass is 10.1. The number of amides is 1. The third-order valence-corrected chi connectivity index (χ3v) is 3.42. The molecule has 1 heterocycles. The molecule has 0 aliphatic heterocycles. The smallest absolute Gasteiger partial charge is 0.251 e. The zero-order valence-corrected chi connectivity index (χ0v) is 13.0. The Morgan fingerprint density at radius 2 is 2.10 bits per heavy atom. The summed E-state index contributed by atoms with van der Waals surface area (Å²) in [4.78, 5) is 11.6. The Morgan fingerprint density at radius 3 is 2.70 bits per heavy atom. The van der Waals surface area contributed by atoms with Crippen LogP contribution < -0.4 is 5.32 Å². The SMILES string of the molecule is CCc1c(NC(=O)COC)n[nH]c1-c1ccc(Br)cc1. The van der Waals surface area contributed by atoms with E-state index in [1.165, 1.54) is 7.11 Å². The number of anilines is 1. The van der Waals surface area contributed by atoms with E-state index in [0.717, 1.165) is 27.7 Å². The molecular formula is C14H16BrN3O2. The lowest BCUT2D eigenvalue weighted by molar-refractivity contribution is -0.119. The van der Waals surface area contributed by atoms with Crippen LogP contribution in [0.5, 0.6) is 0 Å². The molecule has 2 aromatic rings. The summed E-state index contributed by atoms with van der Waals surface area (Å²) in [5, 5.41) is 9.92. The second-order valence-electron chi connectivity index (χ2n) is 4.27. The van der Waals surface area contributed by atoms with Crippen LogP contribution in [-0.2, 0) is 16.0 Å². The second kappa shape index (κ2) is 6.67. The van der Waals surface area contributed by atoms with Crippen LogP contribution in [0.2, 0.25) is 0 Å². The van der Waals surface area contributed by atoms with Gasteiger partial charge in [0.05, 0.1) is 5.69 Å². The first kappa shape index (κ1) is 14.7. The van der Waals surface area contributed by atoms with Gasteiger partial charge in [0.2, 0.25) is 0 Å². The van der Waals surface area contributed by atoms with Crippen LogP contribution in [0.15, 0.2) is 28.7 Å². The van der Waals surface area contributed by atoms with E-state index in [1.54, 1.807) is 0 Å². The second-order valence-corrected chi connectivity index (χ2v) is 5.18. The fourth-order valence-corrected chi connectivity index (χ4v) is 2.23. The molecule has 0 atom stereocenters. The molecule has 0 aliphatic rings. The number of benzene rings is 1. The van der Waals surface area contributed by atoms with E-state index >= 15 is 0 Å². The number of H-pyrrole nitrogens is 1. The number of halogens is 1. The van der Waals surface area contributed by atoms with E-state index in [4.69, 9.17) is 4.74 Å². The maximum atomic E-state index is 11.6. The van der Waals surface area contributed by atoms with Gasteiger partial charge in [0, 0.05) is 17.1 Å². The molecule has 106 valence electrons. The number of carbonyl (C=O) groups is 1. The highest BCUT2D eigenvalue weighted by Crippen LogP contribution is 2.28. The lowest BCUT2D eigenvalue weighted by Crippen LogP contribution is -2.18. The Bertz CT molecular complexity index is 593. The Balaban J connectivity index is 2.29. The normalized spacial score (nSPS) is 10.6. The standard InChI is InChI=1S/C14H16BrN3O2/c1-3-11-13(9-4-6-10(15)7-5-9)17-18-14(11)16-12(19)8-20-2/h4-7H,3,8H2,1-2H3,(H2,16,17,18,19). The number of aromatic amines is 1. The zero-order chi connectivity index (χ0) is 14.5. The van der Waals surface area contributed by atoms with Crippen LogP contribution in [-0.4, -0.2) is 29.8 Å². The van der Waals surface area contributed by atoms with Crippen LogP contribution in [0.25, 0.3) is 11.3 Å². The highest BCUT2D eigenvalue weighted by atomic mass is 79.9. The maximum Gasteiger partial charge on any atom is 0.251 e. The predicted molar refractivity (Wildman–Crippen MR) is 81.6 cm³/mol. The third-order valence-electron chi connectivity index (χ3n) is 2.89. The van der Waals surface area contributed by atoms with Crippen molar-refractivity contribution in [2.45, 2.75) is 13.3 Å². The summed E-state index contributed by atoms with van der Waals surface area (Å²) in [6.45, 7) is 2.04. The number of aromatic nitrogens is 2. The monoisotopic (exact) mass is 337 g/mol. The van der Waals surface area contributed by atoms with Crippen LogP contribution >= 0.6 is 15.9 Å². The van der Waals surface area contributed by atoms with Crippen LogP contribution in [0.1, 0.15) is 12.5 Å².